The van der Waals surface area contributed by atoms with Crippen LogP contribution in [0, 0.1) is 11.3 Å². The van der Waals surface area contributed by atoms with Gasteiger partial charge < -0.3 is 4.57 Å². The molecular weight excluding hydrogens is 354 g/mol. The average molecular weight is 369 g/mol. The zero-order chi connectivity index (χ0) is 18.6. The van der Waals surface area contributed by atoms with E-state index in [-0.39, 0.29) is 5.78 Å². The Morgan fingerprint density at radius 1 is 1.00 bits per heavy atom. The number of rotatable bonds is 5. The minimum absolute atomic E-state index is 0.231. The van der Waals surface area contributed by atoms with Crippen molar-refractivity contribution in [2.45, 2.75) is 5.92 Å². The average Bonchev–Trinajstić information content (AvgIpc) is 3.42. The number of benzene rings is 2. The van der Waals surface area contributed by atoms with Crippen molar-refractivity contribution in [3.8, 4) is 23.0 Å². The summed E-state index contributed by atoms with van der Waals surface area (Å²) in [5, 5.41) is 12.0. The topological polar surface area (TPSA) is 58.7 Å². The summed E-state index contributed by atoms with van der Waals surface area (Å²) < 4.78 is 1.96. The van der Waals surface area contributed by atoms with Crippen LogP contribution in [-0.2, 0) is 0 Å². The molecule has 0 fully saturated rings. The fourth-order valence-electron chi connectivity index (χ4n) is 2.86. The minimum Gasteiger partial charge on any atom is -0.324 e. The second-order valence-corrected chi connectivity index (χ2v) is 6.89. The van der Waals surface area contributed by atoms with Gasteiger partial charge in [0.1, 0.15) is 5.01 Å². The van der Waals surface area contributed by atoms with E-state index in [1.165, 1.54) is 11.3 Å². The molecular formula is C22H15N3OS. The fraction of sp³-hybridized carbons (Fsp3) is 0.0455. The zero-order valence-corrected chi connectivity index (χ0v) is 15.1. The number of ketones is 1. The number of nitriles is 1. The molecule has 27 heavy (non-hydrogen) atoms. The highest BCUT2D eigenvalue weighted by Crippen LogP contribution is 2.28. The van der Waals surface area contributed by atoms with Crippen molar-refractivity contribution in [1.29, 1.82) is 5.26 Å². The van der Waals surface area contributed by atoms with Gasteiger partial charge in [-0.1, -0.05) is 30.3 Å². The van der Waals surface area contributed by atoms with Crippen molar-refractivity contribution >= 4 is 17.1 Å². The maximum absolute atomic E-state index is 12.9. The second-order valence-electron chi connectivity index (χ2n) is 6.00. The fourth-order valence-corrected chi connectivity index (χ4v) is 3.73. The molecule has 0 aliphatic heterocycles. The summed E-state index contributed by atoms with van der Waals surface area (Å²) in [6, 6.07) is 23.0. The van der Waals surface area contributed by atoms with E-state index < -0.39 is 5.92 Å². The van der Waals surface area contributed by atoms with Crippen molar-refractivity contribution in [3.05, 3.63) is 95.1 Å². The van der Waals surface area contributed by atoms with Gasteiger partial charge in [0.25, 0.3) is 0 Å². The SMILES string of the molecule is N#CC(C(=O)c1ccc(-n2cccc2)cc1)c1nc(-c2ccccc2)cs1. The van der Waals surface area contributed by atoms with Crippen molar-refractivity contribution in [2.24, 2.45) is 0 Å². The van der Waals surface area contributed by atoms with Gasteiger partial charge in [-0.2, -0.15) is 5.26 Å². The van der Waals surface area contributed by atoms with E-state index in [1.54, 1.807) is 12.1 Å². The van der Waals surface area contributed by atoms with Crippen molar-refractivity contribution < 1.29 is 4.79 Å². The van der Waals surface area contributed by atoms with Crippen LogP contribution < -0.4 is 0 Å². The van der Waals surface area contributed by atoms with Crippen LogP contribution in [0.5, 0.6) is 0 Å². The summed E-state index contributed by atoms with van der Waals surface area (Å²) in [5.74, 6) is -1.13. The Morgan fingerprint density at radius 3 is 2.37 bits per heavy atom. The summed E-state index contributed by atoms with van der Waals surface area (Å²) >= 11 is 1.34. The van der Waals surface area contributed by atoms with E-state index in [2.05, 4.69) is 11.1 Å². The molecule has 130 valence electrons. The number of Topliss-reactive ketones (excluding diaryl/α,β-unsaturated/α-hetero) is 1. The van der Waals surface area contributed by atoms with Gasteiger partial charge in [0.05, 0.1) is 11.8 Å². The minimum atomic E-state index is -0.898. The predicted octanol–water partition coefficient (Wildman–Crippen LogP) is 5.09. The highest BCUT2D eigenvalue weighted by Gasteiger charge is 2.25. The van der Waals surface area contributed by atoms with Crippen LogP contribution in [0.25, 0.3) is 16.9 Å². The lowest BCUT2D eigenvalue weighted by Crippen LogP contribution is -2.11. The van der Waals surface area contributed by atoms with Crippen LogP contribution in [0.2, 0.25) is 0 Å². The van der Waals surface area contributed by atoms with Gasteiger partial charge in [-0.05, 0) is 36.4 Å². The van der Waals surface area contributed by atoms with Crippen molar-refractivity contribution in [2.75, 3.05) is 0 Å². The van der Waals surface area contributed by atoms with E-state index in [4.69, 9.17) is 0 Å². The molecule has 0 radical (unpaired) electrons. The molecule has 4 aromatic rings. The summed E-state index contributed by atoms with van der Waals surface area (Å²) in [5.41, 5.74) is 3.23. The third-order valence-electron chi connectivity index (χ3n) is 4.28. The number of hydrogen-bond acceptors (Lipinski definition) is 4. The molecule has 0 aliphatic carbocycles. The lowest BCUT2D eigenvalue weighted by atomic mass is 9.99. The normalized spacial score (nSPS) is 11.7. The Bertz CT molecular complexity index is 1090. The van der Waals surface area contributed by atoms with E-state index in [1.807, 2.05) is 76.9 Å². The third-order valence-corrected chi connectivity index (χ3v) is 5.19. The summed E-state index contributed by atoms with van der Waals surface area (Å²) in [6.45, 7) is 0. The molecule has 2 aromatic heterocycles. The van der Waals surface area contributed by atoms with Crippen LogP contribution in [0.15, 0.2) is 84.5 Å². The second kappa shape index (κ2) is 7.40. The molecule has 4 nitrogen and oxygen atoms in total. The van der Waals surface area contributed by atoms with Crippen LogP contribution in [0.3, 0.4) is 0 Å². The molecule has 0 saturated carbocycles. The lowest BCUT2D eigenvalue weighted by Gasteiger charge is -2.07. The number of thiazole rings is 1. The smallest absolute Gasteiger partial charge is 0.186 e. The predicted molar refractivity (Wildman–Crippen MR) is 106 cm³/mol. The first kappa shape index (κ1) is 17.0. The number of carbonyl (C=O) groups excluding carboxylic acids is 1. The van der Waals surface area contributed by atoms with E-state index >= 15 is 0 Å². The molecule has 1 atom stereocenters. The maximum Gasteiger partial charge on any atom is 0.186 e. The van der Waals surface area contributed by atoms with E-state index in [0.29, 0.717) is 10.6 Å². The highest BCUT2D eigenvalue weighted by atomic mass is 32.1. The van der Waals surface area contributed by atoms with Gasteiger partial charge in [0.15, 0.2) is 11.7 Å². The van der Waals surface area contributed by atoms with Crippen molar-refractivity contribution in [1.82, 2.24) is 9.55 Å². The molecule has 5 heteroatoms. The molecule has 0 bridgehead atoms. The molecule has 0 amide bonds. The maximum atomic E-state index is 12.9. The van der Waals surface area contributed by atoms with Gasteiger partial charge in [-0.25, -0.2) is 4.98 Å². The molecule has 0 N–H and O–H groups in total. The van der Waals surface area contributed by atoms with Crippen LogP contribution >= 0.6 is 11.3 Å². The Morgan fingerprint density at radius 2 is 1.70 bits per heavy atom. The Kier molecular flexibility index (Phi) is 4.65. The molecule has 2 aromatic carbocycles. The first-order valence-electron chi connectivity index (χ1n) is 8.44. The van der Waals surface area contributed by atoms with Gasteiger partial charge in [-0.15, -0.1) is 11.3 Å². The van der Waals surface area contributed by atoms with Crippen LogP contribution in [-0.4, -0.2) is 15.3 Å². The molecule has 0 aliphatic rings. The van der Waals surface area contributed by atoms with Gasteiger partial charge >= 0.3 is 0 Å². The Labute approximate surface area is 161 Å². The first-order valence-corrected chi connectivity index (χ1v) is 9.32. The lowest BCUT2D eigenvalue weighted by molar-refractivity contribution is 0.0979. The summed E-state index contributed by atoms with van der Waals surface area (Å²) in [6.07, 6.45) is 3.88. The Hall–Kier alpha value is -3.49. The highest BCUT2D eigenvalue weighted by molar-refractivity contribution is 7.10. The first-order chi connectivity index (χ1) is 13.3. The van der Waals surface area contributed by atoms with Crippen LogP contribution in [0.1, 0.15) is 21.3 Å². The molecule has 0 saturated heterocycles. The number of carbonyl (C=O) groups is 1. The molecule has 4 rings (SSSR count). The molecule has 0 spiro atoms. The van der Waals surface area contributed by atoms with Crippen molar-refractivity contribution in [3.63, 3.8) is 0 Å². The van der Waals surface area contributed by atoms with Gasteiger partial charge in [0.2, 0.25) is 0 Å². The number of nitrogens with zero attached hydrogens (tertiary/aromatic N) is 3. The standard InChI is InChI=1S/C22H15N3OS/c23-14-19(22-24-20(15-27-22)16-6-2-1-3-7-16)21(26)17-8-10-18(11-9-17)25-12-4-5-13-25/h1-13,15,19H. The van der Waals surface area contributed by atoms with Crippen LogP contribution in [0.4, 0.5) is 0 Å². The van der Waals surface area contributed by atoms with Gasteiger partial charge in [-0.3, -0.25) is 4.79 Å². The number of aromatic nitrogens is 2. The zero-order valence-electron chi connectivity index (χ0n) is 14.3. The monoisotopic (exact) mass is 369 g/mol. The quantitative estimate of drug-likeness (QED) is 0.460. The number of hydrogen-bond donors (Lipinski definition) is 0. The summed E-state index contributed by atoms with van der Waals surface area (Å²) in [4.78, 5) is 17.4. The summed E-state index contributed by atoms with van der Waals surface area (Å²) in [7, 11) is 0. The Balaban J connectivity index is 1.59. The van der Waals surface area contributed by atoms with E-state index in [9.17, 15) is 10.1 Å². The van der Waals surface area contributed by atoms with Gasteiger partial charge in [0, 0.05) is 34.6 Å². The largest absolute Gasteiger partial charge is 0.324 e. The third kappa shape index (κ3) is 3.43. The molecule has 2 heterocycles. The van der Waals surface area contributed by atoms with E-state index in [0.717, 1.165) is 16.9 Å². The molecule has 1 unspecified atom stereocenters.